The van der Waals surface area contributed by atoms with Crippen LogP contribution in [0.25, 0.3) is 10.9 Å². The quantitative estimate of drug-likeness (QED) is 0.552. The topological polar surface area (TPSA) is 111 Å². The molecule has 1 fully saturated rings. The van der Waals surface area contributed by atoms with Gasteiger partial charge in [0.25, 0.3) is 0 Å². The largest absolute Gasteiger partial charge is 0.494 e. The number of sulfonamides is 1. The van der Waals surface area contributed by atoms with E-state index in [1.54, 1.807) is 30.3 Å². The molecule has 180 valence electrons. The first-order chi connectivity index (χ1) is 16.3. The highest BCUT2D eigenvalue weighted by molar-refractivity contribution is 7.89. The molecular formula is C24H28N4O5S. The maximum Gasteiger partial charge on any atom is 0.348 e. The lowest BCUT2D eigenvalue weighted by molar-refractivity contribution is -0.116. The van der Waals surface area contributed by atoms with Gasteiger partial charge in [-0.2, -0.15) is 4.31 Å². The zero-order valence-corrected chi connectivity index (χ0v) is 20.0. The van der Waals surface area contributed by atoms with E-state index in [2.05, 4.69) is 10.3 Å². The molecule has 0 saturated carbocycles. The second kappa shape index (κ2) is 9.94. The van der Waals surface area contributed by atoms with E-state index in [0.717, 1.165) is 19.3 Å². The number of amides is 1. The SMILES string of the molecule is CCOc1ccc(NC(=O)Cn2c(=O)ncc3cc(S(=O)(=O)N4CCCCC4C)ccc32)cc1. The van der Waals surface area contributed by atoms with Crippen LogP contribution in [0.15, 0.2) is 58.4 Å². The lowest BCUT2D eigenvalue weighted by Gasteiger charge is -2.32. The lowest BCUT2D eigenvalue weighted by atomic mass is 10.1. The van der Waals surface area contributed by atoms with Gasteiger partial charge in [-0.3, -0.25) is 9.36 Å². The summed E-state index contributed by atoms with van der Waals surface area (Å²) in [5, 5.41) is 3.22. The Balaban J connectivity index is 1.58. The molecule has 0 radical (unpaired) electrons. The normalized spacial score (nSPS) is 16.9. The maximum atomic E-state index is 13.2. The number of aromatic nitrogens is 2. The van der Waals surface area contributed by atoms with Crippen molar-refractivity contribution in [2.24, 2.45) is 0 Å². The van der Waals surface area contributed by atoms with Gasteiger partial charge in [0.15, 0.2) is 0 Å². The van der Waals surface area contributed by atoms with Gasteiger partial charge < -0.3 is 10.1 Å². The van der Waals surface area contributed by atoms with E-state index in [9.17, 15) is 18.0 Å². The molecule has 10 heteroatoms. The predicted octanol–water partition coefficient (Wildman–Crippen LogP) is 3.00. The highest BCUT2D eigenvalue weighted by atomic mass is 32.2. The number of nitrogens with zero attached hydrogens (tertiary/aromatic N) is 3. The van der Waals surface area contributed by atoms with Crippen LogP contribution >= 0.6 is 0 Å². The number of hydrogen-bond acceptors (Lipinski definition) is 6. The molecule has 9 nitrogen and oxygen atoms in total. The lowest BCUT2D eigenvalue weighted by Crippen LogP contribution is -2.41. The molecule has 0 aliphatic carbocycles. The summed E-state index contributed by atoms with van der Waals surface area (Å²) in [4.78, 5) is 29.1. The molecule has 2 aromatic carbocycles. The number of carbonyl (C=O) groups is 1. The van der Waals surface area contributed by atoms with E-state index in [4.69, 9.17) is 4.74 Å². The number of fused-ring (bicyclic) bond motifs is 1. The van der Waals surface area contributed by atoms with Crippen molar-refractivity contribution in [1.29, 1.82) is 0 Å². The van der Waals surface area contributed by atoms with Crippen molar-refractivity contribution in [3.63, 3.8) is 0 Å². The third-order valence-electron chi connectivity index (χ3n) is 5.93. The molecule has 1 aromatic heterocycles. The number of nitrogens with one attached hydrogen (secondary N) is 1. The number of hydrogen-bond donors (Lipinski definition) is 1. The van der Waals surface area contributed by atoms with E-state index in [1.165, 1.54) is 27.2 Å². The van der Waals surface area contributed by atoms with Crippen LogP contribution < -0.4 is 15.7 Å². The summed E-state index contributed by atoms with van der Waals surface area (Å²) in [6, 6.07) is 11.4. The summed E-state index contributed by atoms with van der Waals surface area (Å²) in [7, 11) is -3.67. The molecule has 1 amide bonds. The molecule has 1 aliphatic rings. The van der Waals surface area contributed by atoms with Crippen LogP contribution in [-0.2, 0) is 21.4 Å². The van der Waals surface area contributed by atoms with Crippen molar-refractivity contribution < 1.29 is 17.9 Å². The highest BCUT2D eigenvalue weighted by Gasteiger charge is 2.31. The molecule has 3 aromatic rings. The van der Waals surface area contributed by atoms with Crippen LogP contribution in [-0.4, -0.2) is 47.4 Å². The third-order valence-corrected chi connectivity index (χ3v) is 7.94. The van der Waals surface area contributed by atoms with Crippen molar-refractivity contribution in [3.8, 4) is 5.75 Å². The summed E-state index contributed by atoms with van der Waals surface area (Å²) in [6.07, 6.45) is 4.02. The minimum atomic E-state index is -3.67. The van der Waals surface area contributed by atoms with Crippen molar-refractivity contribution in [1.82, 2.24) is 13.9 Å². The zero-order valence-electron chi connectivity index (χ0n) is 19.2. The van der Waals surface area contributed by atoms with Crippen LogP contribution in [0.5, 0.6) is 5.75 Å². The van der Waals surface area contributed by atoms with E-state index >= 15 is 0 Å². The molecule has 34 heavy (non-hydrogen) atoms. The first kappa shape index (κ1) is 23.9. The number of carbonyl (C=O) groups excluding carboxylic acids is 1. The predicted molar refractivity (Wildman–Crippen MR) is 129 cm³/mol. The summed E-state index contributed by atoms with van der Waals surface area (Å²) in [5.74, 6) is 0.291. The Kier molecular flexibility index (Phi) is 6.99. The van der Waals surface area contributed by atoms with Crippen molar-refractivity contribution in [2.45, 2.75) is 50.6 Å². The summed E-state index contributed by atoms with van der Waals surface area (Å²) < 4.78 is 34.6. The molecular weight excluding hydrogens is 456 g/mol. The summed E-state index contributed by atoms with van der Waals surface area (Å²) in [6.45, 7) is 4.58. The maximum absolute atomic E-state index is 13.2. The van der Waals surface area contributed by atoms with Gasteiger partial charge in [0.1, 0.15) is 12.3 Å². The standard InChI is InChI=1S/C24H28N4O5S/c1-3-33-20-9-7-19(8-10-20)26-23(29)16-27-22-12-11-21(14-18(22)15-25-24(27)30)34(31,32)28-13-5-4-6-17(28)2/h7-12,14-15,17H,3-6,13,16H2,1-2H3,(H,26,29). The summed E-state index contributed by atoms with van der Waals surface area (Å²) in [5.41, 5.74) is 0.417. The number of rotatable bonds is 7. The van der Waals surface area contributed by atoms with Gasteiger partial charge >= 0.3 is 5.69 Å². The third kappa shape index (κ3) is 4.97. The second-order valence-corrected chi connectivity index (χ2v) is 10.2. The first-order valence-electron chi connectivity index (χ1n) is 11.3. The minimum absolute atomic E-state index is 0.0622. The van der Waals surface area contributed by atoms with Crippen molar-refractivity contribution >= 4 is 32.5 Å². The Bertz CT molecular complexity index is 1350. The monoisotopic (exact) mass is 484 g/mol. The Morgan fingerprint density at radius 3 is 2.65 bits per heavy atom. The molecule has 1 N–H and O–H groups in total. The van der Waals surface area contributed by atoms with Gasteiger partial charge in [0.05, 0.1) is 17.0 Å². The Morgan fingerprint density at radius 1 is 1.18 bits per heavy atom. The average molecular weight is 485 g/mol. The van der Waals surface area contributed by atoms with Crippen LogP contribution in [0, 0.1) is 0 Å². The van der Waals surface area contributed by atoms with Crippen molar-refractivity contribution in [2.75, 3.05) is 18.5 Å². The molecule has 1 saturated heterocycles. The fourth-order valence-corrected chi connectivity index (χ4v) is 5.94. The zero-order chi connectivity index (χ0) is 24.3. The van der Waals surface area contributed by atoms with Gasteiger partial charge in [-0.05, 0) is 69.2 Å². The highest BCUT2D eigenvalue weighted by Crippen LogP contribution is 2.27. The van der Waals surface area contributed by atoms with E-state index in [-0.39, 0.29) is 17.5 Å². The van der Waals surface area contributed by atoms with Gasteiger partial charge in [-0.1, -0.05) is 6.42 Å². The Hall–Kier alpha value is -3.24. The number of benzene rings is 2. The van der Waals surface area contributed by atoms with E-state index in [0.29, 0.717) is 35.5 Å². The molecule has 0 bridgehead atoms. The molecule has 2 heterocycles. The minimum Gasteiger partial charge on any atom is -0.494 e. The smallest absolute Gasteiger partial charge is 0.348 e. The number of anilines is 1. The van der Waals surface area contributed by atoms with Crippen LogP contribution in [0.2, 0.25) is 0 Å². The Labute approximate surface area is 198 Å². The second-order valence-electron chi connectivity index (χ2n) is 8.31. The number of ether oxygens (including phenoxy) is 1. The molecule has 4 rings (SSSR count). The van der Waals surface area contributed by atoms with Gasteiger partial charge in [-0.25, -0.2) is 18.2 Å². The van der Waals surface area contributed by atoms with Gasteiger partial charge in [-0.15, -0.1) is 0 Å². The van der Waals surface area contributed by atoms with Gasteiger partial charge in [0, 0.05) is 29.9 Å². The van der Waals surface area contributed by atoms with Crippen LogP contribution in [0.4, 0.5) is 5.69 Å². The fourth-order valence-electron chi connectivity index (χ4n) is 4.20. The molecule has 1 aliphatic heterocycles. The van der Waals surface area contributed by atoms with Gasteiger partial charge in [0.2, 0.25) is 15.9 Å². The van der Waals surface area contributed by atoms with E-state index in [1.807, 2.05) is 13.8 Å². The molecule has 1 atom stereocenters. The molecule has 0 spiro atoms. The van der Waals surface area contributed by atoms with Crippen LogP contribution in [0.1, 0.15) is 33.1 Å². The first-order valence-corrected chi connectivity index (χ1v) is 12.8. The summed E-state index contributed by atoms with van der Waals surface area (Å²) >= 11 is 0. The van der Waals surface area contributed by atoms with Crippen molar-refractivity contribution in [3.05, 3.63) is 59.1 Å². The average Bonchev–Trinajstić information content (AvgIpc) is 2.82. The Morgan fingerprint density at radius 2 is 1.94 bits per heavy atom. The van der Waals surface area contributed by atoms with Crippen LogP contribution in [0.3, 0.4) is 0 Å². The number of piperidine rings is 1. The molecule has 1 unspecified atom stereocenters. The fraction of sp³-hybridized carbons (Fsp3) is 0.375. The van der Waals surface area contributed by atoms with E-state index < -0.39 is 21.6 Å².